The van der Waals surface area contributed by atoms with Crippen LogP contribution in [0.2, 0.25) is 0 Å². The molecule has 0 heterocycles. The van der Waals surface area contributed by atoms with Crippen molar-refractivity contribution in [2.75, 3.05) is 6.61 Å². The number of hydrogen-bond donors (Lipinski definition) is 0. The van der Waals surface area contributed by atoms with E-state index < -0.39 is 5.97 Å². The van der Waals surface area contributed by atoms with Crippen LogP contribution in [0.1, 0.15) is 39.6 Å². The number of halogens is 1. The molecule has 0 amide bonds. The van der Waals surface area contributed by atoms with E-state index in [0.717, 1.165) is 10.0 Å². The Morgan fingerprint density at radius 1 is 1.00 bits per heavy atom. The third-order valence-corrected chi connectivity index (χ3v) is 3.81. The van der Waals surface area contributed by atoms with Crippen LogP contribution in [0.25, 0.3) is 0 Å². The minimum absolute atomic E-state index is 0.0495. The average Bonchev–Trinajstić information content (AvgIpc) is 2.54. The van der Waals surface area contributed by atoms with Crippen LogP contribution in [0, 0.1) is 0 Å². The second-order valence-corrected chi connectivity index (χ2v) is 5.73. The molecule has 0 aliphatic rings. The molecule has 2 aromatic carbocycles. The third kappa shape index (κ3) is 4.28. The third-order valence-electron chi connectivity index (χ3n) is 3.28. The predicted octanol–water partition coefficient (Wildman–Crippen LogP) is 4.44. The zero-order valence-corrected chi connectivity index (χ0v) is 13.9. The molecule has 3 nitrogen and oxygen atoms in total. The zero-order valence-electron chi connectivity index (χ0n) is 12.3. The quantitative estimate of drug-likeness (QED) is 0.564. The van der Waals surface area contributed by atoms with Gasteiger partial charge in [0.1, 0.15) is 0 Å². The summed E-state index contributed by atoms with van der Waals surface area (Å²) in [6.07, 6.45) is 1.00. The summed E-state index contributed by atoms with van der Waals surface area (Å²) in [5.41, 5.74) is 1.85. The summed E-state index contributed by atoms with van der Waals surface area (Å²) in [6.45, 7) is 2.04. The number of carbonyl (C=O) groups excluding carboxylic acids is 2. The van der Waals surface area contributed by atoms with Gasteiger partial charge in [-0.05, 0) is 37.1 Å². The lowest BCUT2D eigenvalue weighted by molar-refractivity contribution is 0.0523. The Morgan fingerprint density at radius 3 is 2.27 bits per heavy atom. The minimum Gasteiger partial charge on any atom is -0.462 e. The number of esters is 1. The molecule has 0 radical (unpaired) electrons. The summed E-state index contributed by atoms with van der Waals surface area (Å²) in [4.78, 5) is 24.3. The molecule has 0 N–H and O–H groups in total. The van der Waals surface area contributed by atoms with E-state index in [2.05, 4.69) is 15.9 Å². The van der Waals surface area contributed by atoms with Gasteiger partial charge in [-0.1, -0.05) is 46.3 Å². The van der Waals surface area contributed by atoms with E-state index in [-0.39, 0.29) is 5.78 Å². The largest absolute Gasteiger partial charge is 0.462 e. The second-order valence-electron chi connectivity index (χ2n) is 4.82. The van der Waals surface area contributed by atoms with Gasteiger partial charge in [0.2, 0.25) is 0 Å². The molecule has 114 valence electrons. The van der Waals surface area contributed by atoms with Crippen LogP contribution < -0.4 is 0 Å². The molecular weight excluding hydrogens is 344 g/mol. The number of benzene rings is 2. The van der Waals surface area contributed by atoms with Crippen LogP contribution in [0.3, 0.4) is 0 Å². The molecule has 0 saturated carbocycles. The average molecular weight is 361 g/mol. The van der Waals surface area contributed by atoms with Crippen LogP contribution in [-0.2, 0) is 11.2 Å². The van der Waals surface area contributed by atoms with E-state index in [1.54, 1.807) is 31.2 Å². The minimum atomic E-state index is -0.449. The summed E-state index contributed by atoms with van der Waals surface area (Å²) in [7, 11) is 0. The normalized spacial score (nSPS) is 10.3. The van der Waals surface area contributed by atoms with E-state index >= 15 is 0 Å². The molecule has 0 unspecified atom stereocenters. The van der Waals surface area contributed by atoms with E-state index in [1.165, 1.54) is 0 Å². The lowest BCUT2D eigenvalue weighted by Gasteiger charge is -2.08. The fraction of sp³-hybridized carbons (Fsp3) is 0.222. The Bertz CT molecular complexity index is 662. The van der Waals surface area contributed by atoms with Crippen LogP contribution in [-0.4, -0.2) is 18.4 Å². The lowest BCUT2D eigenvalue weighted by atomic mass is 9.98. The standard InChI is InChI=1S/C18H17BrO3/c1-2-22-18(21)16-6-4-3-5-15(16)17(20)12-9-13-7-10-14(19)11-8-13/h3-8,10-11H,2,9,12H2,1H3. The van der Waals surface area contributed by atoms with E-state index in [4.69, 9.17) is 4.74 Å². The van der Waals surface area contributed by atoms with Crippen molar-refractivity contribution in [3.63, 3.8) is 0 Å². The molecule has 0 bridgehead atoms. The van der Waals surface area contributed by atoms with Gasteiger partial charge in [-0.2, -0.15) is 0 Å². The maximum Gasteiger partial charge on any atom is 0.338 e. The van der Waals surface area contributed by atoms with Crippen molar-refractivity contribution in [1.29, 1.82) is 0 Å². The summed E-state index contributed by atoms with van der Waals surface area (Å²) >= 11 is 3.38. The molecule has 22 heavy (non-hydrogen) atoms. The Hall–Kier alpha value is -1.94. The van der Waals surface area contributed by atoms with E-state index in [0.29, 0.717) is 30.6 Å². The number of ketones is 1. The molecule has 0 aliphatic heterocycles. The summed E-state index contributed by atoms with van der Waals surface area (Å²) < 4.78 is 6.01. The molecular formula is C18H17BrO3. The molecule has 0 spiro atoms. The van der Waals surface area contributed by atoms with E-state index in [1.807, 2.05) is 24.3 Å². The van der Waals surface area contributed by atoms with E-state index in [9.17, 15) is 9.59 Å². The van der Waals surface area contributed by atoms with Crippen LogP contribution in [0.5, 0.6) is 0 Å². The van der Waals surface area contributed by atoms with Crippen LogP contribution >= 0.6 is 15.9 Å². The second kappa shape index (κ2) is 7.90. The van der Waals surface area contributed by atoms with Crippen molar-refractivity contribution in [2.45, 2.75) is 19.8 Å². The van der Waals surface area contributed by atoms with Crippen molar-refractivity contribution in [1.82, 2.24) is 0 Å². The molecule has 0 fully saturated rings. The Morgan fingerprint density at radius 2 is 1.64 bits per heavy atom. The molecule has 0 aromatic heterocycles. The van der Waals surface area contributed by atoms with Crippen molar-refractivity contribution < 1.29 is 14.3 Å². The monoisotopic (exact) mass is 360 g/mol. The molecule has 2 rings (SSSR count). The number of aryl methyl sites for hydroxylation is 1. The van der Waals surface area contributed by atoms with Gasteiger partial charge in [-0.25, -0.2) is 4.79 Å². The smallest absolute Gasteiger partial charge is 0.338 e. The lowest BCUT2D eigenvalue weighted by Crippen LogP contribution is -2.12. The highest BCUT2D eigenvalue weighted by molar-refractivity contribution is 9.10. The number of rotatable bonds is 6. The molecule has 0 aliphatic carbocycles. The van der Waals surface area contributed by atoms with Gasteiger partial charge in [0.15, 0.2) is 5.78 Å². The number of Topliss-reactive ketones (excluding diaryl/α,β-unsaturated/α-hetero) is 1. The van der Waals surface area contributed by atoms with Crippen molar-refractivity contribution >= 4 is 27.7 Å². The fourth-order valence-electron chi connectivity index (χ4n) is 2.16. The van der Waals surface area contributed by atoms with Crippen molar-refractivity contribution in [3.8, 4) is 0 Å². The Kier molecular flexibility index (Phi) is 5.90. The van der Waals surface area contributed by atoms with Gasteiger partial charge in [0, 0.05) is 16.5 Å². The fourth-order valence-corrected chi connectivity index (χ4v) is 2.42. The first-order valence-electron chi connectivity index (χ1n) is 7.15. The molecule has 0 saturated heterocycles. The van der Waals surface area contributed by atoms with Crippen molar-refractivity contribution in [2.24, 2.45) is 0 Å². The zero-order chi connectivity index (χ0) is 15.9. The van der Waals surface area contributed by atoms with Crippen molar-refractivity contribution in [3.05, 3.63) is 69.7 Å². The molecule has 0 atom stereocenters. The highest BCUT2D eigenvalue weighted by Crippen LogP contribution is 2.16. The van der Waals surface area contributed by atoms with Gasteiger partial charge in [0.05, 0.1) is 12.2 Å². The molecule has 4 heteroatoms. The van der Waals surface area contributed by atoms with Gasteiger partial charge >= 0.3 is 5.97 Å². The Balaban J connectivity index is 2.09. The topological polar surface area (TPSA) is 43.4 Å². The Labute approximate surface area is 138 Å². The van der Waals surface area contributed by atoms with Gasteiger partial charge in [-0.15, -0.1) is 0 Å². The van der Waals surface area contributed by atoms with Gasteiger partial charge in [0.25, 0.3) is 0 Å². The van der Waals surface area contributed by atoms with Gasteiger partial charge in [-0.3, -0.25) is 4.79 Å². The highest BCUT2D eigenvalue weighted by Gasteiger charge is 2.17. The summed E-state index contributed by atoms with van der Waals surface area (Å²) in [5.74, 6) is -0.498. The number of carbonyl (C=O) groups is 2. The van der Waals surface area contributed by atoms with Crippen LogP contribution in [0.4, 0.5) is 0 Å². The maximum absolute atomic E-state index is 12.4. The summed E-state index contributed by atoms with van der Waals surface area (Å²) in [6, 6.07) is 14.7. The first-order valence-corrected chi connectivity index (χ1v) is 7.95. The molecule has 2 aromatic rings. The van der Waals surface area contributed by atoms with Gasteiger partial charge < -0.3 is 4.74 Å². The maximum atomic E-state index is 12.4. The summed E-state index contributed by atoms with van der Waals surface area (Å²) in [5, 5.41) is 0. The number of hydrogen-bond acceptors (Lipinski definition) is 3. The number of ether oxygens (including phenoxy) is 1. The first-order chi connectivity index (χ1) is 10.6. The first kappa shape index (κ1) is 16.4. The van der Waals surface area contributed by atoms with Crippen LogP contribution in [0.15, 0.2) is 53.0 Å². The SMILES string of the molecule is CCOC(=O)c1ccccc1C(=O)CCc1ccc(Br)cc1. The highest BCUT2D eigenvalue weighted by atomic mass is 79.9. The predicted molar refractivity (Wildman–Crippen MR) is 89.2 cm³/mol.